The van der Waals surface area contributed by atoms with E-state index in [9.17, 15) is 14.4 Å². The van der Waals surface area contributed by atoms with Crippen molar-refractivity contribution >= 4 is 17.8 Å². The van der Waals surface area contributed by atoms with Crippen molar-refractivity contribution in [3.8, 4) is 0 Å². The third kappa shape index (κ3) is 8.32. The molecule has 1 aromatic rings. The lowest BCUT2D eigenvalue weighted by molar-refractivity contribution is -0.158. The first-order valence-corrected chi connectivity index (χ1v) is 8.12. The molecule has 2 N–H and O–H groups in total. The summed E-state index contributed by atoms with van der Waals surface area (Å²) in [6, 6.07) is -0.982. The quantitative estimate of drug-likeness (QED) is 0.757. The molecule has 0 saturated carbocycles. The van der Waals surface area contributed by atoms with Crippen molar-refractivity contribution in [2.24, 2.45) is 0 Å². The van der Waals surface area contributed by atoms with Gasteiger partial charge in [-0.25, -0.2) is 9.78 Å². The lowest BCUT2D eigenvalue weighted by Gasteiger charge is -2.25. The summed E-state index contributed by atoms with van der Waals surface area (Å²) < 4.78 is 10.5. The van der Waals surface area contributed by atoms with E-state index < -0.39 is 35.1 Å². The first kappa shape index (κ1) is 20.7. The van der Waals surface area contributed by atoms with Gasteiger partial charge in [-0.15, -0.1) is 0 Å². The van der Waals surface area contributed by atoms with Crippen molar-refractivity contribution in [1.29, 1.82) is 0 Å². The van der Waals surface area contributed by atoms with Gasteiger partial charge in [-0.3, -0.25) is 9.59 Å². The van der Waals surface area contributed by atoms with E-state index in [2.05, 4.69) is 15.3 Å². The molecule has 0 fully saturated rings. The molecular formula is C17H27N3O5. The molecule has 0 aliphatic carbocycles. The molecule has 0 aliphatic rings. The summed E-state index contributed by atoms with van der Waals surface area (Å²) in [4.78, 5) is 42.8. The fraction of sp³-hybridized carbons (Fsp3) is 0.647. The zero-order valence-corrected chi connectivity index (χ0v) is 15.6. The first-order chi connectivity index (χ1) is 11.4. The van der Waals surface area contributed by atoms with Gasteiger partial charge >= 0.3 is 11.9 Å². The van der Waals surface area contributed by atoms with E-state index in [0.717, 1.165) is 0 Å². The zero-order valence-electron chi connectivity index (χ0n) is 15.6. The molecule has 0 unspecified atom stereocenters. The van der Waals surface area contributed by atoms with Crippen molar-refractivity contribution in [2.75, 3.05) is 0 Å². The van der Waals surface area contributed by atoms with Crippen LogP contribution in [-0.2, 0) is 19.1 Å². The van der Waals surface area contributed by atoms with Gasteiger partial charge in [-0.1, -0.05) is 0 Å². The number of imidazole rings is 1. The maximum Gasteiger partial charge on any atom is 0.329 e. The van der Waals surface area contributed by atoms with Crippen LogP contribution in [0.5, 0.6) is 0 Å². The van der Waals surface area contributed by atoms with Crippen molar-refractivity contribution in [2.45, 2.75) is 71.6 Å². The third-order valence-corrected chi connectivity index (χ3v) is 2.77. The zero-order chi connectivity index (χ0) is 19.3. The van der Waals surface area contributed by atoms with Crippen LogP contribution in [0.3, 0.4) is 0 Å². The second-order valence-electron chi connectivity index (χ2n) is 7.62. The van der Waals surface area contributed by atoms with E-state index in [1.807, 2.05) is 0 Å². The van der Waals surface area contributed by atoms with Crippen LogP contribution in [0.1, 0.15) is 65.0 Å². The minimum Gasteiger partial charge on any atom is -0.460 e. The minimum absolute atomic E-state index is 0.0282. The molecule has 25 heavy (non-hydrogen) atoms. The monoisotopic (exact) mass is 353 g/mol. The molecule has 1 atom stereocenters. The number of aromatic nitrogens is 2. The number of amides is 1. The number of nitrogens with zero attached hydrogens (tertiary/aromatic N) is 1. The highest BCUT2D eigenvalue weighted by molar-refractivity contribution is 5.93. The average Bonchev–Trinajstić information content (AvgIpc) is 2.93. The Bertz CT molecular complexity index is 597. The number of H-pyrrole nitrogens is 1. The molecule has 8 heteroatoms. The summed E-state index contributed by atoms with van der Waals surface area (Å²) in [7, 11) is 0. The highest BCUT2D eigenvalue weighted by Crippen LogP contribution is 2.13. The predicted molar refractivity (Wildman–Crippen MR) is 90.8 cm³/mol. The predicted octanol–water partition coefficient (Wildman–Crippen LogP) is 1.97. The number of aromatic amines is 1. The maximum atomic E-state index is 12.3. The van der Waals surface area contributed by atoms with Gasteiger partial charge in [-0.05, 0) is 48.0 Å². The van der Waals surface area contributed by atoms with Crippen LogP contribution in [0.25, 0.3) is 0 Å². The van der Waals surface area contributed by atoms with Gasteiger partial charge in [0.05, 0.1) is 0 Å². The number of rotatable bonds is 6. The lowest BCUT2D eigenvalue weighted by Crippen LogP contribution is -2.45. The van der Waals surface area contributed by atoms with Crippen molar-refractivity contribution in [3.05, 3.63) is 18.2 Å². The van der Waals surface area contributed by atoms with Gasteiger partial charge in [0.2, 0.25) is 0 Å². The van der Waals surface area contributed by atoms with Crippen molar-refractivity contribution < 1.29 is 23.9 Å². The molecule has 140 valence electrons. The molecule has 0 bridgehead atoms. The molecule has 1 heterocycles. The number of hydrogen-bond donors (Lipinski definition) is 2. The SMILES string of the molecule is CC(C)(C)OC(=O)CC[C@@H](NC(=O)c1ncc[nH]1)C(=O)OC(C)(C)C. The summed E-state index contributed by atoms with van der Waals surface area (Å²) in [5.74, 6) is -1.54. The van der Waals surface area contributed by atoms with E-state index in [1.54, 1.807) is 41.5 Å². The number of ether oxygens (including phenoxy) is 2. The Morgan fingerprint density at radius 2 is 1.72 bits per heavy atom. The van der Waals surface area contributed by atoms with E-state index in [4.69, 9.17) is 9.47 Å². The lowest BCUT2D eigenvalue weighted by atomic mass is 10.1. The summed E-state index contributed by atoms with van der Waals surface area (Å²) in [6.07, 6.45) is 2.96. The highest BCUT2D eigenvalue weighted by Gasteiger charge is 2.29. The summed E-state index contributed by atoms with van der Waals surface area (Å²) in [6.45, 7) is 10.5. The maximum absolute atomic E-state index is 12.3. The van der Waals surface area contributed by atoms with Crippen LogP contribution in [0, 0.1) is 0 Å². The van der Waals surface area contributed by atoms with Gasteiger partial charge in [0, 0.05) is 18.8 Å². The Labute approximate surface area is 147 Å². The molecule has 0 saturated heterocycles. The van der Waals surface area contributed by atoms with Crippen LogP contribution in [0.15, 0.2) is 12.4 Å². The number of esters is 2. The van der Waals surface area contributed by atoms with E-state index in [0.29, 0.717) is 0 Å². The second-order valence-corrected chi connectivity index (χ2v) is 7.62. The fourth-order valence-electron chi connectivity index (χ4n) is 1.89. The molecule has 0 aromatic carbocycles. The molecular weight excluding hydrogens is 326 g/mol. The molecule has 0 spiro atoms. The fourth-order valence-corrected chi connectivity index (χ4v) is 1.89. The highest BCUT2D eigenvalue weighted by atomic mass is 16.6. The van der Waals surface area contributed by atoms with Gasteiger partial charge in [0.15, 0.2) is 5.82 Å². The molecule has 1 amide bonds. The standard InChI is InChI=1S/C17H27N3O5/c1-16(2,3)24-12(21)8-7-11(15(23)25-17(4,5)6)20-14(22)13-18-9-10-19-13/h9-11H,7-8H2,1-6H3,(H,18,19)(H,20,22)/t11-/m1/s1. The summed E-state index contributed by atoms with van der Waals surface area (Å²) in [5.41, 5.74) is -1.33. The van der Waals surface area contributed by atoms with E-state index in [-0.39, 0.29) is 18.7 Å². The Balaban J connectivity index is 2.75. The smallest absolute Gasteiger partial charge is 0.329 e. The normalized spacial score (nSPS) is 13.0. The van der Waals surface area contributed by atoms with E-state index in [1.165, 1.54) is 12.4 Å². The Kier molecular flexibility index (Phi) is 6.72. The van der Waals surface area contributed by atoms with Crippen LogP contribution >= 0.6 is 0 Å². The molecule has 0 radical (unpaired) electrons. The molecule has 1 rings (SSSR count). The molecule has 8 nitrogen and oxygen atoms in total. The van der Waals surface area contributed by atoms with Crippen LogP contribution in [0.2, 0.25) is 0 Å². The Hall–Kier alpha value is -2.38. The van der Waals surface area contributed by atoms with E-state index >= 15 is 0 Å². The first-order valence-electron chi connectivity index (χ1n) is 8.12. The topological polar surface area (TPSA) is 110 Å². The van der Waals surface area contributed by atoms with Crippen LogP contribution < -0.4 is 5.32 Å². The Morgan fingerprint density at radius 1 is 1.12 bits per heavy atom. The number of nitrogens with one attached hydrogen (secondary N) is 2. The number of carbonyl (C=O) groups excluding carboxylic acids is 3. The summed E-state index contributed by atoms with van der Waals surface area (Å²) in [5, 5.41) is 2.54. The van der Waals surface area contributed by atoms with Gasteiger partial charge in [0.1, 0.15) is 17.2 Å². The molecule has 0 aliphatic heterocycles. The van der Waals surface area contributed by atoms with Gasteiger partial charge in [-0.2, -0.15) is 0 Å². The van der Waals surface area contributed by atoms with Crippen molar-refractivity contribution in [1.82, 2.24) is 15.3 Å². The van der Waals surface area contributed by atoms with Gasteiger partial charge < -0.3 is 19.8 Å². The molecule has 1 aromatic heterocycles. The van der Waals surface area contributed by atoms with Crippen LogP contribution in [0.4, 0.5) is 0 Å². The number of hydrogen-bond acceptors (Lipinski definition) is 6. The van der Waals surface area contributed by atoms with Crippen LogP contribution in [-0.4, -0.2) is 45.1 Å². The summed E-state index contributed by atoms with van der Waals surface area (Å²) >= 11 is 0. The largest absolute Gasteiger partial charge is 0.460 e. The second kappa shape index (κ2) is 8.13. The van der Waals surface area contributed by atoms with Crippen molar-refractivity contribution in [3.63, 3.8) is 0 Å². The minimum atomic E-state index is -0.982. The Morgan fingerprint density at radius 3 is 2.20 bits per heavy atom. The average molecular weight is 353 g/mol. The van der Waals surface area contributed by atoms with Gasteiger partial charge in [0.25, 0.3) is 5.91 Å². The number of carbonyl (C=O) groups is 3. The third-order valence-electron chi connectivity index (χ3n) is 2.77.